The van der Waals surface area contributed by atoms with Crippen LogP contribution in [-0.4, -0.2) is 0 Å². The van der Waals surface area contributed by atoms with Crippen molar-refractivity contribution in [3.63, 3.8) is 0 Å². The van der Waals surface area contributed by atoms with Crippen molar-refractivity contribution in [2.45, 2.75) is 12.8 Å². The van der Waals surface area contributed by atoms with E-state index in [1.165, 1.54) is 0 Å². The van der Waals surface area contributed by atoms with Gasteiger partial charge in [0.05, 0.1) is 0 Å². The fourth-order valence-corrected chi connectivity index (χ4v) is 0.488. The van der Waals surface area contributed by atoms with Crippen LogP contribution in [0.4, 0.5) is 0 Å². The molecular weight excluding hydrogens is 152 g/mol. The minimum atomic E-state index is 1.00. The van der Waals surface area contributed by atoms with Crippen molar-refractivity contribution in [3.8, 4) is 0 Å². The molecule has 0 saturated carbocycles. The third-order valence-electron chi connectivity index (χ3n) is 0.620. The standard InChI is InChI=1S/C6H9Br/c1-3-4-5-6(2)7/h3H,1-2,4-5H2. The highest BCUT2D eigenvalue weighted by atomic mass is 79.9. The van der Waals surface area contributed by atoms with Gasteiger partial charge in [-0.1, -0.05) is 28.6 Å². The molecule has 0 nitrogen and oxygen atoms in total. The van der Waals surface area contributed by atoms with Gasteiger partial charge in [0, 0.05) is 0 Å². The van der Waals surface area contributed by atoms with E-state index in [0.29, 0.717) is 0 Å². The molecule has 0 fully saturated rings. The van der Waals surface area contributed by atoms with Crippen LogP contribution in [0.3, 0.4) is 0 Å². The van der Waals surface area contributed by atoms with Crippen LogP contribution in [0.15, 0.2) is 23.7 Å². The van der Waals surface area contributed by atoms with Gasteiger partial charge in [-0.3, -0.25) is 0 Å². The zero-order chi connectivity index (χ0) is 5.70. The van der Waals surface area contributed by atoms with E-state index in [-0.39, 0.29) is 0 Å². The summed E-state index contributed by atoms with van der Waals surface area (Å²) in [5.74, 6) is 0. The van der Waals surface area contributed by atoms with Gasteiger partial charge in [0.2, 0.25) is 0 Å². The summed E-state index contributed by atoms with van der Waals surface area (Å²) in [6, 6.07) is 0. The van der Waals surface area contributed by atoms with Gasteiger partial charge in [0.25, 0.3) is 0 Å². The van der Waals surface area contributed by atoms with Crippen LogP contribution >= 0.6 is 15.9 Å². The van der Waals surface area contributed by atoms with Crippen LogP contribution < -0.4 is 0 Å². The summed E-state index contributed by atoms with van der Waals surface area (Å²) in [7, 11) is 0. The topological polar surface area (TPSA) is 0 Å². The van der Waals surface area contributed by atoms with Crippen LogP contribution in [0.25, 0.3) is 0 Å². The molecule has 7 heavy (non-hydrogen) atoms. The molecule has 0 aliphatic heterocycles. The summed E-state index contributed by atoms with van der Waals surface area (Å²) in [6.45, 7) is 7.23. The molecular formula is C6H9Br. The molecule has 0 amide bonds. The van der Waals surface area contributed by atoms with Crippen LogP contribution in [0.1, 0.15) is 12.8 Å². The summed E-state index contributed by atoms with van der Waals surface area (Å²) in [6.07, 6.45) is 3.90. The summed E-state index contributed by atoms with van der Waals surface area (Å²) in [5.41, 5.74) is 0. The zero-order valence-corrected chi connectivity index (χ0v) is 5.87. The van der Waals surface area contributed by atoms with E-state index in [9.17, 15) is 0 Å². The van der Waals surface area contributed by atoms with Gasteiger partial charge < -0.3 is 0 Å². The average Bonchev–Trinajstić information content (AvgIpc) is 1.61. The Hall–Kier alpha value is -0.0400. The Kier molecular flexibility index (Phi) is 4.10. The van der Waals surface area contributed by atoms with E-state index in [1.54, 1.807) is 0 Å². The number of hydrogen-bond acceptors (Lipinski definition) is 0. The monoisotopic (exact) mass is 160 g/mol. The van der Waals surface area contributed by atoms with Crippen LogP contribution in [0.2, 0.25) is 0 Å². The third kappa shape index (κ3) is 5.96. The fourth-order valence-electron chi connectivity index (χ4n) is 0.259. The van der Waals surface area contributed by atoms with Crippen molar-refractivity contribution in [1.29, 1.82) is 0 Å². The average molecular weight is 161 g/mol. The smallest absolute Gasteiger partial charge is 0.0118 e. The minimum Gasteiger partial charge on any atom is -0.103 e. The Balaban J connectivity index is 2.97. The quantitative estimate of drug-likeness (QED) is 0.558. The first-order chi connectivity index (χ1) is 3.27. The Labute approximate surface area is 53.1 Å². The second kappa shape index (κ2) is 4.13. The highest BCUT2D eigenvalue weighted by molar-refractivity contribution is 9.11. The fraction of sp³-hybridized carbons (Fsp3) is 0.333. The van der Waals surface area contributed by atoms with Crippen molar-refractivity contribution >= 4 is 15.9 Å². The molecule has 0 N–H and O–H groups in total. The normalized spacial score (nSPS) is 8.14. The molecule has 0 atom stereocenters. The number of rotatable bonds is 3. The molecule has 0 unspecified atom stereocenters. The molecule has 0 saturated heterocycles. The van der Waals surface area contributed by atoms with Crippen LogP contribution in [-0.2, 0) is 0 Å². The van der Waals surface area contributed by atoms with E-state index in [2.05, 4.69) is 29.1 Å². The summed E-state index contributed by atoms with van der Waals surface area (Å²) < 4.78 is 1.05. The molecule has 0 heterocycles. The molecule has 0 aliphatic carbocycles. The molecule has 0 radical (unpaired) electrons. The van der Waals surface area contributed by atoms with E-state index >= 15 is 0 Å². The molecule has 1 heteroatoms. The highest BCUT2D eigenvalue weighted by Crippen LogP contribution is 2.08. The zero-order valence-electron chi connectivity index (χ0n) is 4.28. The predicted molar refractivity (Wildman–Crippen MR) is 37.5 cm³/mol. The molecule has 0 rings (SSSR count). The van der Waals surface area contributed by atoms with E-state index in [4.69, 9.17) is 0 Å². The Morgan fingerprint density at radius 3 is 2.43 bits per heavy atom. The maximum absolute atomic E-state index is 3.66. The summed E-state index contributed by atoms with van der Waals surface area (Å²) >= 11 is 3.23. The lowest BCUT2D eigenvalue weighted by Crippen LogP contribution is -1.64. The molecule has 0 aliphatic rings. The maximum atomic E-state index is 3.66. The summed E-state index contributed by atoms with van der Waals surface area (Å²) in [5, 5.41) is 0. The second-order valence-electron chi connectivity index (χ2n) is 1.34. The van der Waals surface area contributed by atoms with Gasteiger partial charge in [0.15, 0.2) is 0 Å². The van der Waals surface area contributed by atoms with Crippen molar-refractivity contribution < 1.29 is 0 Å². The van der Waals surface area contributed by atoms with Crippen molar-refractivity contribution in [1.82, 2.24) is 0 Å². The van der Waals surface area contributed by atoms with Crippen molar-refractivity contribution in [2.75, 3.05) is 0 Å². The van der Waals surface area contributed by atoms with E-state index in [1.807, 2.05) is 6.08 Å². The second-order valence-corrected chi connectivity index (χ2v) is 2.47. The minimum absolute atomic E-state index is 1.00. The van der Waals surface area contributed by atoms with Gasteiger partial charge in [-0.15, -0.1) is 6.58 Å². The lowest BCUT2D eigenvalue weighted by Gasteiger charge is -1.86. The number of allylic oxidation sites excluding steroid dienone is 2. The SMILES string of the molecule is C=CCCC(=C)Br. The first-order valence-corrected chi connectivity index (χ1v) is 3.01. The van der Waals surface area contributed by atoms with Gasteiger partial charge in [0.1, 0.15) is 0 Å². The number of hydrogen-bond donors (Lipinski definition) is 0. The Morgan fingerprint density at radius 1 is 1.71 bits per heavy atom. The van der Waals surface area contributed by atoms with Crippen molar-refractivity contribution in [2.24, 2.45) is 0 Å². The molecule has 40 valence electrons. The van der Waals surface area contributed by atoms with Crippen LogP contribution in [0.5, 0.6) is 0 Å². The van der Waals surface area contributed by atoms with Gasteiger partial charge >= 0.3 is 0 Å². The van der Waals surface area contributed by atoms with E-state index < -0.39 is 0 Å². The van der Waals surface area contributed by atoms with Gasteiger partial charge in [-0.2, -0.15) is 0 Å². The largest absolute Gasteiger partial charge is 0.103 e. The molecule has 0 aromatic heterocycles. The third-order valence-corrected chi connectivity index (χ3v) is 1.02. The Bertz CT molecular complexity index is 74.2. The lowest BCUT2D eigenvalue weighted by molar-refractivity contribution is 1.05. The molecule has 0 spiro atoms. The summed E-state index contributed by atoms with van der Waals surface area (Å²) in [4.78, 5) is 0. The first-order valence-electron chi connectivity index (χ1n) is 2.21. The van der Waals surface area contributed by atoms with Crippen LogP contribution in [0, 0.1) is 0 Å². The number of halogens is 1. The lowest BCUT2D eigenvalue weighted by atomic mass is 10.3. The Morgan fingerprint density at radius 2 is 2.29 bits per heavy atom. The van der Waals surface area contributed by atoms with Crippen molar-refractivity contribution in [3.05, 3.63) is 23.7 Å². The van der Waals surface area contributed by atoms with E-state index in [0.717, 1.165) is 17.3 Å². The molecule has 0 aromatic rings. The highest BCUT2D eigenvalue weighted by Gasteiger charge is 1.80. The maximum Gasteiger partial charge on any atom is -0.0118 e. The van der Waals surface area contributed by atoms with Gasteiger partial charge in [-0.05, 0) is 17.3 Å². The first kappa shape index (κ1) is 6.96. The van der Waals surface area contributed by atoms with Gasteiger partial charge in [-0.25, -0.2) is 0 Å². The molecule has 0 bridgehead atoms. The molecule has 0 aromatic carbocycles. The predicted octanol–water partition coefficient (Wildman–Crippen LogP) is 2.86.